The molecule has 3 aromatic rings. The van der Waals surface area contributed by atoms with E-state index in [1.54, 1.807) is 12.3 Å². The number of phenolic OH excluding ortho intramolecular Hbond substituents is 1. The normalized spacial score (nSPS) is 19.9. The number of fused-ring (bicyclic) bond motifs is 7. The van der Waals surface area contributed by atoms with Crippen molar-refractivity contribution in [2.75, 3.05) is 6.61 Å². The van der Waals surface area contributed by atoms with Crippen LogP contribution in [0.2, 0.25) is 0 Å². The number of rotatable bonds is 2. The van der Waals surface area contributed by atoms with Crippen LogP contribution in [0.5, 0.6) is 17.2 Å². The summed E-state index contributed by atoms with van der Waals surface area (Å²) in [4.78, 5) is 0. The minimum atomic E-state index is -0.0969. The van der Waals surface area contributed by atoms with Crippen molar-refractivity contribution >= 4 is 11.0 Å². The number of hydrogen-bond donors (Lipinski definition) is 1. The zero-order valence-electron chi connectivity index (χ0n) is 14.8. The van der Waals surface area contributed by atoms with Crippen LogP contribution in [0.1, 0.15) is 42.6 Å². The summed E-state index contributed by atoms with van der Waals surface area (Å²) in [5, 5.41) is 11.4. The second kappa shape index (κ2) is 5.56. The van der Waals surface area contributed by atoms with Gasteiger partial charge in [0.2, 0.25) is 0 Å². The maximum atomic E-state index is 10.4. The van der Waals surface area contributed by atoms with Crippen molar-refractivity contribution in [2.45, 2.75) is 32.3 Å². The molecule has 2 atom stereocenters. The molecule has 2 aromatic carbocycles. The van der Waals surface area contributed by atoms with E-state index in [0.29, 0.717) is 13.0 Å². The highest BCUT2D eigenvalue weighted by molar-refractivity contribution is 5.86. The number of allylic oxidation sites excluding steroid dienone is 2. The third-order valence-corrected chi connectivity index (χ3v) is 5.32. The highest BCUT2D eigenvalue weighted by Gasteiger charge is 2.42. The predicted octanol–water partition coefficient (Wildman–Crippen LogP) is 5.26. The van der Waals surface area contributed by atoms with Gasteiger partial charge in [-0.1, -0.05) is 17.7 Å². The number of ether oxygens (including phenoxy) is 2. The maximum Gasteiger partial charge on any atom is 0.138 e. The van der Waals surface area contributed by atoms with Crippen molar-refractivity contribution in [3.63, 3.8) is 0 Å². The van der Waals surface area contributed by atoms with Gasteiger partial charge < -0.3 is 19.0 Å². The quantitative estimate of drug-likeness (QED) is 0.642. The van der Waals surface area contributed by atoms with Crippen LogP contribution >= 0.6 is 0 Å². The van der Waals surface area contributed by atoms with E-state index in [9.17, 15) is 5.11 Å². The first-order valence-electron chi connectivity index (χ1n) is 8.91. The van der Waals surface area contributed by atoms with Gasteiger partial charge in [0.25, 0.3) is 0 Å². The van der Waals surface area contributed by atoms with Gasteiger partial charge in [0.05, 0.1) is 24.2 Å². The van der Waals surface area contributed by atoms with Gasteiger partial charge in [-0.3, -0.25) is 0 Å². The summed E-state index contributed by atoms with van der Waals surface area (Å²) in [7, 11) is 0. The molecule has 26 heavy (non-hydrogen) atoms. The lowest BCUT2D eigenvalue weighted by Crippen LogP contribution is -2.23. The summed E-state index contributed by atoms with van der Waals surface area (Å²) in [6.45, 7) is 4.67. The highest BCUT2D eigenvalue weighted by Crippen LogP contribution is 2.54. The lowest BCUT2D eigenvalue weighted by Gasteiger charge is -2.28. The van der Waals surface area contributed by atoms with Crippen LogP contribution in [0.15, 0.2) is 52.7 Å². The van der Waals surface area contributed by atoms with Crippen LogP contribution in [-0.2, 0) is 6.42 Å². The number of phenols is 1. The first-order valence-corrected chi connectivity index (χ1v) is 8.91. The molecule has 0 aliphatic carbocycles. The van der Waals surface area contributed by atoms with E-state index in [1.807, 2.05) is 24.3 Å². The van der Waals surface area contributed by atoms with Crippen LogP contribution in [0.4, 0.5) is 0 Å². The van der Waals surface area contributed by atoms with Gasteiger partial charge in [0.1, 0.15) is 28.9 Å². The Hall–Kier alpha value is -2.88. The monoisotopic (exact) mass is 348 g/mol. The lowest BCUT2D eigenvalue weighted by molar-refractivity contribution is 0.140. The van der Waals surface area contributed by atoms with Crippen molar-refractivity contribution in [3.8, 4) is 17.2 Å². The summed E-state index contributed by atoms with van der Waals surface area (Å²) >= 11 is 0. The zero-order valence-corrected chi connectivity index (χ0v) is 14.8. The third-order valence-electron chi connectivity index (χ3n) is 5.32. The molecule has 0 fully saturated rings. The second-order valence-electron chi connectivity index (χ2n) is 7.24. The number of benzene rings is 2. The molecule has 5 rings (SSSR count). The first-order chi connectivity index (χ1) is 12.6. The molecule has 132 valence electrons. The van der Waals surface area contributed by atoms with Gasteiger partial charge in [-0.2, -0.15) is 0 Å². The fourth-order valence-electron chi connectivity index (χ4n) is 3.99. The molecule has 0 unspecified atom stereocenters. The molecular formula is C22H20O4. The van der Waals surface area contributed by atoms with Gasteiger partial charge in [-0.25, -0.2) is 0 Å². The molecule has 2 aliphatic rings. The lowest BCUT2D eigenvalue weighted by atomic mass is 9.88. The third kappa shape index (κ3) is 2.15. The summed E-state index contributed by atoms with van der Waals surface area (Å²) < 4.78 is 18.0. The van der Waals surface area contributed by atoms with Gasteiger partial charge in [-0.15, -0.1) is 0 Å². The van der Waals surface area contributed by atoms with Gasteiger partial charge in [0, 0.05) is 16.7 Å². The molecule has 3 heterocycles. The topological polar surface area (TPSA) is 51.8 Å². The molecule has 0 bridgehead atoms. The molecule has 2 aliphatic heterocycles. The highest BCUT2D eigenvalue weighted by atomic mass is 16.5. The average Bonchev–Trinajstić information content (AvgIpc) is 3.24. The fraction of sp³-hybridized carbons (Fsp3) is 0.273. The Balaban J connectivity index is 1.61. The Morgan fingerprint density at radius 3 is 2.81 bits per heavy atom. The Morgan fingerprint density at radius 2 is 1.96 bits per heavy atom. The van der Waals surface area contributed by atoms with Gasteiger partial charge in [-0.05, 0) is 44.5 Å². The standard InChI is InChI=1S/C22H20O4/c1-12(2)3-4-14-18(23)7-5-13-17-11-25-20-15-9-10-24-19(15)8-6-16(20)22(17)26-21(13)14/h3,5-10,17,22-23H,4,11H2,1-2H3/t17-,22-/m0/s1. The van der Waals surface area contributed by atoms with E-state index in [1.165, 1.54) is 5.57 Å². The van der Waals surface area contributed by atoms with Crippen LogP contribution in [0, 0.1) is 0 Å². The Labute approximate surface area is 151 Å². The van der Waals surface area contributed by atoms with Crippen LogP contribution < -0.4 is 9.47 Å². The largest absolute Gasteiger partial charge is 0.508 e. The number of aromatic hydroxyl groups is 1. The molecule has 0 spiro atoms. The summed E-state index contributed by atoms with van der Waals surface area (Å²) in [5.74, 6) is 2.07. The summed E-state index contributed by atoms with van der Waals surface area (Å²) in [6, 6.07) is 9.66. The summed E-state index contributed by atoms with van der Waals surface area (Å²) in [6.07, 6.45) is 4.35. The molecule has 1 aromatic heterocycles. The number of furan rings is 1. The summed E-state index contributed by atoms with van der Waals surface area (Å²) in [5.41, 5.74) is 5.04. The Morgan fingerprint density at radius 1 is 1.12 bits per heavy atom. The van der Waals surface area contributed by atoms with E-state index in [2.05, 4.69) is 19.9 Å². The molecule has 0 radical (unpaired) electrons. The smallest absolute Gasteiger partial charge is 0.138 e. The molecule has 0 amide bonds. The fourth-order valence-corrected chi connectivity index (χ4v) is 3.99. The van der Waals surface area contributed by atoms with E-state index < -0.39 is 0 Å². The zero-order chi connectivity index (χ0) is 17.8. The Kier molecular flexibility index (Phi) is 3.29. The van der Waals surface area contributed by atoms with Crippen LogP contribution in [-0.4, -0.2) is 11.7 Å². The van der Waals surface area contributed by atoms with Crippen molar-refractivity contribution < 1.29 is 19.0 Å². The second-order valence-corrected chi connectivity index (χ2v) is 7.24. The van der Waals surface area contributed by atoms with Gasteiger partial charge in [0.15, 0.2) is 0 Å². The van der Waals surface area contributed by atoms with Crippen molar-refractivity contribution in [2.24, 2.45) is 0 Å². The SMILES string of the molecule is CC(C)=CCc1c(O)ccc2c1O[C@H]1c3ccc4occc4c3OC[C@@H]21. The van der Waals surface area contributed by atoms with E-state index in [4.69, 9.17) is 13.9 Å². The Bertz CT molecular complexity index is 1040. The molecule has 4 heteroatoms. The molecular weight excluding hydrogens is 328 g/mol. The van der Waals surface area contributed by atoms with E-state index in [0.717, 1.165) is 39.2 Å². The molecule has 4 nitrogen and oxygen atoms in total. The predicted molar refractivity (Wildman–Crippen MR) is 99.1 cm³/mol. The first kappa shape index (κ1) is 15.4. The minimum absolute atomic E-state index is 0.0969. The maximum absolute atomic E-state index is 10.4. The minimum Gasteiger partial charge on any atom is -0.508 e. The van der Waals surface area contributed by atoms with Crippen LogP contribution in [0.3, 0.4) is 0 Å². The van der Waals surface area contributed by atoms with E-state index in [-0.39, 0.29) is 17.8 Å². The van der Waals surface area contributed by atoms with E-state index >= 15 is 0 Å². The molecule has 0 saturated carbocycles. The average molecular weight is 348 g/mol. The van der Waals surface area contributed by atoms with Gasteiger partial charge >= 0.3 is 0 Å². The van der Waals surface area contributed by atoms with Crippen molar-refractivity contribution in [3.05, 3.63) is 64.9 Å². The number of hydrogen-bond acceptors (Lipinski definition) is 4. The van der Waals surface area contributed by atoms with Crippen LogP contribution in [0.25, 0.3) is 11.0 Å². The van der Waals surface area contributed by atoms with Crippen molar-refractivity contribution in [1.29, 1.82) is 0 Å². The van der Waals surface area contributed by atoms with Crippen molar-refractivity contribution in [1.82, 2.24) is 0 Å². The molecule has 0 saturated heterocycles. The molecule has 1 N–H and O–H groups in total.